The molecule has 2 amide bonds. The third kappa shape index (κ3) is 3.53. The molecule has 0 saturated carbocycles. The van der Waals surface area contributed by atoms with E-state index in [1.165, 1.54) is 11.8 Å². The van der Waals surface area contributed by atoms with Gasteiger partial charge in [-0.1, -0.05) is 0 Å². The standard InChI is InChI=1S/C21H20N2O7/c1-12(24)22-10-15-11-23(21(25)28-15)14-3-5-17-19(9-14)30-16-4-2-13(8-18(16)29-17)20-26-6-7-27-20/h2-5,8-9,15,20H,6-7,10-11H2,1H3,(H,22,24)/t15-/m0/s1. The third-order valence-electron chi connectivity index (χ3n) is 4.99. The van der Waals surface area contributed by atoms with Gasteiger partial charge in [0.25, 0.3) is 0 Å². The van der Waals surface area contributed by atoms with E-state index in [9.17, 15) is 9.59 Å². The maximum atomic E-state index is 12.3. The summed E-state index contributed by atoms with van der Waals surface area (Å²) in [5.74, 6) is 2.01. The first kappa shape index (κ1) is 18.7. The van der Waals surface area contributed by atoms with Crippen LogP contribution in [0.25, 0.3) is 0 Å². The number of benzene rings is 2. The molecular weight excluding hydrogens is 392 g/mol. The van der Waals surface area contributed by atoms with Crippen molar-refractivity contribution in [3.05, 3.63) is 42.0 Å². The van der Waals surface area contributed by atoms with Crippen LogP contribution in [0, 0.1) is 0 Å². The molecule has 2 aromatic rings. The number of amides is 2. The maximum absolute atomic E-state index is 12.3. The molecule has 0 unspecified atom stereocenters. The quantitative estimate of drug-likeness (QED) is 0.704. The zero-order valence-corrected chi connectivity index (χ0v) is 16.3. The van der Waals surface area contributed by atoms with Crippen molar-refractivity contribution in [2.75, 3.05) is 31.2 Å². The Bertz CT molecular complexity index is 1000. The second-order valence-electron chi connectivity index (χ2n) is 7.17. The number of carbonyl (C=O) groups excluding carboxylic acids is 2. The molecular formula is C21H20N2O7. The van der Waals surface area contributed by atoms with E-state index in [1.807, 2.05) is 12.1 Å². The highest BCUT2D eigenvalue weighted by Crippen LogP contribution is 2.47. The van der Waals surface area contributed by atoms with E-state index in [1.54, 1.807) is 24.3 Å². The third-order valence-corrected chi connectivity index (χ3v) is 4.99. The lowest BCUT2D eigenvalue weighted by molar-refractivity contribution is -0.119. The highest BCUT2D eigenvalue weighted by molar-refractivity contribution is 5.90. The molecule has 30 heavy (non-hydrogen) atoms. The number of rotatable bonds is 4. The second kappa shape index (κ2) is 7.51. The molecule has 0 bridgehead atoms. The molecule has 3 aliphatic heterocycles. The van der Waals surface area contributed by atoms with Crippen molar-refractivity contribution >= 4 is 17.7 Å². The van der Waals surface area contributed by atoms with Crippen LogP contribution in [0.3, 0.4) is 0 Å². The first-order valence-corrected chi connectivity index (χ1v) is 9.66. The van der Waals surface area contributed by atoms with Crippen LogP contribution in [0.5, 0.6) is 23.0 Å². The molecule has 9 heteroatoms. The summed E-state index contributed by atoms with van der Waals surface area (Å²) < 4.78 is 28.4. The number of hydrogen-bond acceptors (Lipinski definition) is 7. The molecule has 9 nitrogen and oxygen atoms in total. The van der Waals surface area contributed by atoms with Crippen LogP contribution in [0.2, 0.25) is 0 Å². The summed E-state index contributed by atoms with van der Waals surface area (Å²) in [6.45, 7) is 3.15. The Morgan fingerprint density at radius 1 is 1.03 bits per heavy atom. The van der Waals surface area contributed by atoms with Crippen molar-refractivity contribution in [2.24, 2.45) is 0 Å². The van der Waals surface area contributed by atoms with Gasteiger partial charge in [-0.3, -0.25) is 9.69 Å². The van der Waals surface area contributed by atoms with Crippen LogP contribution < -0.4 is 19.7 Å². The number of nitrogens with zero attached hydrogens (tertiary/aromatic N) is 1. The van der Waals surface area contributed by atoms with Crippen LogP contribution in [0.4, 0.5) is 10.5 Å². The number of hydrogen-bond donors (Lipinski definition) is 1. The smallest absolute Gasteiger partial charge is 0.414 e. The molecule has 2 fully saturated rings. The SMILES string of the molecule is CC(=O)NC[C@H]1CN(c2ccc3c(c2)Oc2ccc(C4OCCO4)cc2O3)C(=O)O1. The molecule has 3 heterocycles. The predicted octanol–water partition coefficient (Wildman–Crippen LogP) is 3.09. The van der Waals surface area contributed by atoms with Gasteiger partial charge < -0.3 is 29.0 Å². The molecule has 2 aromatic carbocycles. The number of carbonyl (C=O) groups is 2. The summed E-state index contributed by atoms with van der Waals surface area (Å²) in [6, 6.07) is 10.8. The lowest BCUT2D eigenvalue weighted by Crippen LogP contribution is -2.33. The Balaban J connectivity index is 1.33. The van der Waals surface area contributed by atoms with Gasteiger partial charge in [-0.25, -0.2) is 4.79 Å². The van der Waals surface area contributed by atoms with Gasteiger partial charge in [0, 0.05) is 18.6 Å². The van der Waals surface area contributed by atoms with E-state index in [-0.39, 0.29) is 12.5 Å². The van der Waals surface area contributed by atoms with E-state index >= 15 is 0 Å². The van der Waals surface area contributed by atoms with Crippen molar-refractivity contribution in [1.82, 2.24) is 5.32 Å². The molecule has 0 spiro atoms. The van der Waals surface area contributed by atoms with Crippen molar-refractivity contribution in [1.29, 1.82) is 0 Å². The van der Waals surface area contributed by atoms with Gasteiger partial charge in [0.2, 0.25) is 5.91 Å². The van der Waals surface area contributed by atoms with Gasteiger partial charge in [0.05, 0.1) is 32.0 Å². The monoisotopic (exact) mass is 412 g/mol. The average molecular weight is 412 g/mol. The Labute approximate surface area is 172 Å². The van der Waals surface area contributed by atoms with Crippen LogP contribution in [0.1, 0.15) is 18.8 Å². The molecule has 1 atom stereocenters. The minimum absolute atomic E-state index is 0.170. The Morgan fingerprint density at radius 3 is 2.47 bits per heavy atom. The lowest BCUT2D eigenvalue weighted by Gasteiger charge is -2.23. The van der Waals surface area contributed by atoms with E-state index in [0.29, 0.717) is 48.4 Å². The summed E-state index contributed by atoms with van der Waals surface area (Å²) in [5.41, 5.74) is 1.49. The Hall–Kier alpha value is -3.30. The van der Waals surface area contributed by atoms with Crippen LogP contribution in [-0.4, -0.2) is 44.4 Å². The van der Waals surface area contributed by atoms with E-state index in [0.717, 1.165) is 5.56 Å². The highest BCUT2D eigenvalue weighted by Gasteiger charge is 2.33. The Morgan fingerprint density at radius 2 is 1.73 bits per heavy atom. The summed E-state index contributed by atoms with van der Waals surface area (Å²) >= 11 is 0. The number of cyclic esters (lactones) is 1. The fourth-order valence-corrected chi connectivity index (χ4v) is 3.55. The molecule has 156 valence electrons. The van der Waals surface area contributed by atoms with Crippen LogP contribution >= 0.6 is 0 Å². The van der Waals surface area contributed by atoms with Crippen molar-refractivity contribution in [3.63, 3.8) is 0 Å². The Kier molecular flexibility index (Phi) is 4.68. The molecule has 5 rings (SSSR count). The van der Waals surface area contributed by atoms with Crippen molar-refractivity contribution < 1.29 is 33.3 Å². The van der Waals surface area contributed by atoms with Gasteiger partial charge in [0.1, 0.15) is 6.10 Å². The zero-order valence-electron chi connectivity index (χ0n) is 16.3. The van der Waals surface area contributed by atoms with Crippen molar-refractivity contribution in [2.45, 2.75) is 19.3 Å². The van der Waals surface area contributed by atoms with Gasteiger partial charge >= 0.3 is 6.09 Å². The van der Waals surface area contributed by atoms with Crippen molar-refractivity contribution in [3.8, 4) is 23.0 Å². The average Bonchev–Trinajstić information content (AvgIpc) is 3.40. The minimum Gasteiger partial charge on any atom is -0.449 e. The maximum Gasteiger partial charge on any atom is 0.414 e. The summed E-state index contributed by atoms with van der Waals surface area (Å²) in [7, 11) is 0. The van der Waals surface area contributed by atoms with Crippen LogP contribution in [-0.2, 0) is 19.0 Å². The van der Waals surface area contributed by atoms with Crippen LogP contribution in [0.15, 0.2) is 36.4 Å². The first-order valence-electron chi connectivity index (χ1n) is 9.66. The lowest BCUT2D eigenvalue weighted by atomic mass is 10.1. The predicted molar refractivity (Wildman–Crippen MR) is 104 cm³/mol. The molecule has 1 N–H and O–H groups in total. The largest absolute Gasteiger partial charge is 0.449 e. The molecule has 0 radical (unpaired) electrons. The van der Waals surface area contributed by atoms with Gasteiger partial charge in [0.15, 0.2) is 29.3 Å². The minimum atomic E-state index is -0.469. The fraction of sp³-hybridized carbons (Fsp3) is 0.333. The fourth-order valence-electron chi connectivity index (χ4n) is 3.55. The zero-order chi connectivity index (χ0) is 20.7. The summed E-state index contributed by atoms with van der Waals surface area (Å²) in [6.07, 6.45) is -1.27. The number of fused-ring (bicyclic) bond motifs is 2. The van der Waals surface area contributed by atoms with Gasteiger partial charge in [-0.15, -0.1) is 0 Å². The second-order valence-corrected chi connectivity index (χ2v) is 7.17. The number of nitrogens with one attached hydrogen (secondary N) is 1. The topological polar surface area (TPSA) is 95.6 Å². The van der Waals surface area contributed by atoms with E-state index < -0.39 is 18.5 Å². The van der Waals surface area contributed by atoms with E-state index in [4.69, 9.17) is 23.7 Å². The molecule has 2 saturated heterocycles. The molecule has 0 aliphatic carbocycles. The number of anilines is 1. The normalized spacial score (nSPS) is 20.1. The highest BCUT2D eigenvalue weighted by atomic mass is 16.7. The number of ether oxygens (including phenoxy) is 5. The molecule has 3 aliphatic rings. The first-order chi connectivity index (χ1) is 14.6. The van der Waals surface area contributed by atoms with Gasteiger partial charge in [-0.05, 0) is 30.3 Å². The summed E-state index contributed by atoms with van der Waals surface area (Å²) in [5, 5.41) is 2.66. The van der Waals surface area contributed by atoms with Gasteiger partial charge in [-0.2, -0.15) is 0 Å². The molecule has 0 aromatic heterocycles. The summed E-state index contributed by atoms with van der Waals surface area (Å²) in [4.78, 5) is 24.8. The van der Waals surface area contributed by atoms with E-state index in [2.05, 4.69) is 5.32 Å².